The molecule has 106 valence electrons. The van der Waals surface area contributed by atoms with Crippen molar-refractivity contribution in [3.8, 4) is 0 Å². The van der Waals surface area contributed by atoms with Crippen LogP contribution in [0.1, 0.15) is 31.7 Å². The van der Waals surface area contributed by atoms with Crippen LogP contribution in [0.3, 0.4) is 0 Å². The number of hydrogen-bond donors (Lipinski definition) is 1. The van der Waals surface area contributed by atoms with Gasteiger partial charge in [-0.2, -0.15) is 0 Å². The van der Waals surface area contributed by atoms with Crippen LogP contribution in [0.2, 0.25) is 0 Å². The summed E-state index contributed by atoms with van der Waals surface area (Å²) in [5, 5.41) is 0. The Labute approximate surface area is 113 Å². The Bertz CT molecular complexity index is 392. The highest BCUT2D eigenvalue weighted by Crippen LogP contribution is 2.18. The second kappa shape index (κ2) is 7.89. The average molecular weight is 267 g/mol. The van der Waals surface area contributed by atoms with Crippen LogP contribution < -0.4 is 5.73 Å². The normalized spacial score (nSPS) is 13.9. The number of halogens is 1. The second-order valence-corrected chi connectivity index (χ2v) is 4.80. The van der Waals surface area contributed by atoms with Crippen LogP contribution in [0, 0.1) is 11.7 Å². The van der Waals surface area contributed by atoms with Gasteiger partial charge in [-0.25, -0.2) is 4.39 Å². The molecule has 0 fully saturated rings. The van der Waals surface area contributed by atoms with Gasteiger partial charge in [0.25, 0.3) is 0 Å². The molecule has 2 atom stereocenters. The highest BCUT2D eigenvalue weighted by molar-refractivity contribution is 5.75. The lowest BCUT2D eigenvalue weighted by Crippen LogP contribution is -2.33. The van der Waals surface area contributed by atoms with E-state index in [1.807, 2.05) is 0 Å². The average Bonchev–Trinajstić information content (AvgIpc) is 2.43. The molecule has 0 amide bonds. The van der Waals surface area contributed by atoms with Gasteiger partial charge in [0.1, 0.15) is 11.9 Å². The third-order valence-electron chi connectivity index (χ3n) is 3.42. The van der Waals surface area contributed by atoms with Crippen LogP contribution in [-0.4, -0.2) is 19.1 Å². The largest absolute Gasteiger partial charge is 0.468 e. The summed E-state index contributed by atoms with van der Waals surface area (Å²) >= 11 is 0. The Balaban J connectivity index is 2.44. The Morgan fingerprint density at radius 3 is 2.53 bits per heavy atom. The third-order valence-corrected chi connectivity index (χ3v) is 3.42. The zero-order valence-electron chi connectivity index (χ0n) is 11.6. The number of methoxy groups -OCH3 is 1. The third kappa shape index (κ3) is 5.39. The molecule has 0 saturated carbocycles. The van der Waals surface area contributed by atoms with Gasteiger partial charge in [-0.05, 0) is 42.9 Å². The highest BCUT2D eigenvalue weighted by atomic mass is 19.1. The summed E-state index contributed by atoms with van der Waals surface area (Å²) < 4.78 is 17.4. The van der Waals surface area contributed by atoms with Gasteiger partial charge in [-0.3, -0.25) is 4.79 Å². The van der Waals surface area contributed by atoms with Crippen molar-refractivity contribution in [1.29, 1.82) is 0 Å². The number of aryl methyl sites for hydroxylation is 1. The van der Waals surface area contributed by atoms with E-state index in [1.165, 1.54) is 19.2 Å². The van der Waals surface area contributed by atoms with Crippen LogP contribution in [0.15, 0.2) is 24.3 Å². The number of carbonyl (C=O) groups is 1. The molecule has 0 bridgehead atoms. The van der Waals surface area contributed by atoms with Crippen molar-refractivity contribution in [2.24, 2.45) is 11.7 Å². The van der Waals surface area contributed by atoms with E-state index < -0.39 is 6.04 Å². The Morgan fingerprint density at radius 1 is 1.37 bits per heavy atom. The van der Waals surface area contributed by atoms with Gasteiger partial charge in [0.15, 0.2) is 0 Å². The van der Waals surface area contributed by atoms with Crippen LogP contribution >= 0.6 is 0 Å². The molecule has 2 unspecified atom stereocenters. The van der Waals surface area contributed by atoms with E-state index in [2.05, 4.69) is 11.7 Å². The molecule has 0 heterocycles. The Morgan fingerprint density at radius 2 is 2.00 bits per heavy atom. The van der Waals surface area contributed by atoms with Crippen molar-refractivity contribution in [1.82, 2.24) is 0 Å². The van der Waals surface area contributed by atoms with E-state index >= 15 is 0 Å². The van der Waals surface area contributed by atoms with E-state index in [0.29, 0.717) is 12.3 Å². The van der Waals surface area contributed by atoms with E-state index in [1.54, 1.807) is 12.1 Å². The number of esters is 1. The molecule has 0 aromatic heterocycles. The zero-order valence-corrected chi connectivity index (χ0v) is 11.6. The molecule has 2 N–H and O–H groups in total. The molecule has 1 aromatic rings. The first-order valence-electron chi connectivity index (χ1n) is 6.64. The van der Waals surface area contributed by atoms with Crippen molar-refractivity contribution in [3.63, 3.8) is 0 Å². The first-order chi connectivity index (χ1) is 9.06. The molecule has 3 nitrogen and oxygen atoms in total. The maximum absolute atomic E-state index is 12.8. The van der Waals surface area contributed by atoms with E-state index in [9.17, 15) is 9.18 Å². The van der Waals surface area contributed by atoms with Gasteiger partial charge < -0.3 is 10.5 Å². The Hall–Kier alpha value is -1.42. The molecule has 1 aromatic carbocycles. The SMILES string of the molecule is CCC(CCc1ccc(F)cc1)CC(N)C(=O)OC. The number of hydrogen-bond acceptors (Lipinski definition) is 3. The number of benzene rings is 1. The summed E-state index contributed by atoms with van der Waals surface area (Å²) in [6, 6.07) is 5.97. The van der Waals surface area contributed by atoms with Crippen LogP contribution in [0.5, 0.6) is 0 Å². The lowest BCUT2D eigenvalue weighted by atomic mass is 9.91. The molecule has 1 rings (SSSR count). The predicted molar refractivity (Wildman–Crippen MR) is 73.1 cm³/mol. The highest BCUT2D eigenvalue weighted by Gasteiger charge is 2.18. The standard InChI is InChI=1S/C15H22FNO2/c1-3-11(10-14(17)15(18)19-2)4-5-12-6-8-13(16)9-7-12/h6-9,11,14H,3-5,10,17H2,1-2H3. The first-order valence-corrected chi connectivity index (χ1v) is 6.64. The lowest BCUT2D eigenvalue weighted by molar-refractivity contribution is -0.142. The fourth-order valence-corrected chi connectivity index (χ4v) is 2.12. The summed E-state index contributed by atoms with van der Waals surface area (Å²) in [6.07, 6.45) is 3.40. The molecular weight excluding hydrogens is 245 g/mol. The smallest absolute Gasteiger partial charge is 0.322 e. The summed E-state index contributed by atoms with van der Waals surface area (Å²) in [7, 11) is 1.35. The first kappa shape index (κ1) is 15.6. The van der Waals surface area contributed by atoms with Gasteiger partial charge in [0.2, 0.25) is 0 Å². The monoisotopic (exact) mass is 267 g/mol. The second-order valence-electron chi connectivity index (χ2n) is 4.80. The minimum Gasteiger partial charge on any atom is -0.468 e. The molecule has 0 spiro atoms. The van der Waals surface area contributed by atoms with Gasteiger partial charge in [0.05, 0.1) is 7.11 Å². The van der Waals surface area contributed by atoms with Crippen molar-refractivity contribution in [2.45, 2.75) is 38.6 Å². The van der Waals surface area contributed by atoms with Gasteiger partial charge in [-0.1, -0.05) is 25.5 Å². The number of ether oxygens (including phenoxy) is 1. The van der Waals surface area contributed by atoms with Crippen LogP contribution in [0.25, 0.3) is 0 Å². The summed E-state index contributed by atoms with van der Waals surface area (Å²) in [5.74, 6) is -0.206. The fraction of sp³-hybridized carbons (Fsp3) is 0.533. The molecule has 4 heteroatoms. The predicted octanol–water partition coefficient (Wildman–Crippen LogP) is 2.67. The van der Waals surface area contributed by atoms with Crippen molar-refractivity contribution in [2.75, 3.05) is 7.11 Å². The quantitative estimate of drug-likeness (QED) is 0.773. The molecule has 0 aliphatic rings. The van der Waals surface area contributed by atoms with Gasteiger partial charge in [0, 0.05) is 0 Å². The topological polar surface area (TPSA) is 52.3 Å². The maximum atomic E-state index is 12.8. The number of nitrogens with two attached hydrogens (primary N) is 1. The van der Waals surface area contributed by atoms with E-state index in [0.717, 1.165) is 24.8 Å². The van der Waals surface area contributed by atoms with Crippen molar-refractivity contribution < 1.29 is 13.9 Å². The molecule has 0 aliphatic heterocycles. The summed E-state index contributed by atoms with van der Waals surface area (Å²) in [6.45, 7) is 2.08. The molecular formula is C15H22FNO2. The van der Waals surface area contributed by atoms with Gasteiger partial charge in [-0.15, -0.1) is 0 Å². The summed E-state index contributed by atoms with van der Waals surface area (Å²) in [4.78, 5) is 11.3. The molecule has 0 aliphatic carbocycles. The maximum Gasteiger partial charge on any atom is 0.322 e. The number of rotatable bonds is 7. The van der Waals surface area contributed by atoms with E-state index in [-0.39, 0.29) is 11.8 Å². The number of carbonyl (C=O) groups excluding carboxylic acids is 1. The van der Waals surface area contributed by atoms with Crippen LogP contribution in [0.4, 0.5) is 4.39 Å². The fourth-order valence-electron chi connectivity index (χ4n) is 2.12. The molecule has 19 heavy (non-hydrogen) atoms. The summed E-state index contributed by atoms with van der Waals surface area (Å²) in [5.41, 5.74) is 6.87. The molecule has 0 saturated heterocycles. The van der Waals surface area contributed by atoms with Crippen molar-refractivity contribution in [3.05, 3.63) is 35.6 Å². The van der Waals surface area contributed by atoms with E-state index in [4.69, 9.17) is 5.73 Å². The minimum atomic E-state index is -0.553. The minimum absolute atomic E-state index is 0.219. The lowest BCUT2D eigenvalue weighted by Gasteiger charge is -2.18. The van der Waals surface area contributed by atoms with Crippen molar-refractivity contribution >= 4 is 5.97 Å². The Kier molecular flexibility index (Phi) is 6.50. The van der Waals surface area contributed by atoms with Gasteiger partial charge >= 0.3 is 5.97 Å². The van der Waals surface area contributed by atoms with Crippen LogP contribution in [-0.2, 0) is 16.0 Å². The zero-order chi connectivity index (χ0) is 14.3. The molecule has 0 radical (unpaired) electrons.